The van der Waals surface area contributed by atoms with Gasteiger partial charge in [-0.05, 0) is 19.8 Å². The molecule has 1 amide bonds. The third-order valence-electron chi connectivity index (χ3n) is 6.72. The van der Waals surface area contributed by atoms with E-state index in [9.17, 15) is 4.79 Å². The molecule has 31 heavy (non-hydrogen) atoms. The number of nitrogens with zero attached hydrogens (tertiary/aromatic N) is 5. The number of nitrogens with one attached hydrogen (secondary N) is 1. The Morgan fingerprint density at radius 1 is 1.03 bits per heavy atom. The van der Waals surface area contributed by atoms with E-state index < -0.39 is 0 Å². The van der Waals surface area contributed by atoms with E-state index in [4.69, 9.17) is 9.47 Å². The first-order valence-electron chi connectivity index (χ1n) is 11.7. The molecule has 1 aliphatic carbocycles. The smallest absolute Gasteiger partial charge is 0.230 e. The highest BCUT2D eigenvalue weighted by atomic mass is 32.2. The molecule has 1 saturated carbocycles. The zero-order valence-corrected chi connectivity index (χ0v) is 19.5. The minimum atomic E-state index is 0.0711. The van der Waals surface area contributed by atoms with E-state index in [0.29, 0.717) is 19.0 Å². The van der Waals surface area contributed by atoms with Crippen LogP contribution in [-0.4, -0.2) is 96.0 Å². The lowest BCUT2D eigenvalue weighted by Crippen LogP contribution is -2.59. The van der Waals surface area contributed by atoms with Gasteiger partial charge in [-0.15, -0.1) is 10.2 Å². The number of anilines is 1. The quantitative estimate of drug-likeness (QED) is 0.592. The predicted octanol–water partition coefficient (Wildman–Crippen LogP) is 1.38. The van der Waals surface area contributed by atoms with Crippen LogP contribution in [0.25, 0.3) is 0 Å². The molecule has 0 unspecified atom stereocenters. The van der Waals surface area contributed by atoms with E-state index in [1.54, 1.807) is 0 Å². The van der Waals surface area contributed by atoms with Gasteiger partial charge in [-0.2, -0.15) is 0 Å². The van der Waals surface area contributed by atoms with Crippen molar-refractivity contribution < 1.29 is 14.3 Å². The summed E-state index contributed by atoms with van der Waals surface area (Å²) >= 11 is 1.47. The van der Waals surface area contributed by atoms with E-state index in [0.717, 1.165) is 76.4 Å². The summed E-state index contributed by atoms with van der Waals surface area (Å²) in [7, 11) is 0. The number of carbonyl (C=O) groups is 1. The Hall–Kier alpha value is -1.36. The first-order chi connectivity index (χ1) is 15.2. The Kier molecular flexibility index (Phi) is 8.08. The van der Waals surface area contributed by atoms with Gasteiger partial charge in [0, 0.05) is 44.8 Å². The molecule has 3 heterocycles. The van der Waals surface area contributed by atoms with Gasteiger partial charge in [0.2, 0.25) is 11.9 Å². The molecule has 3 fully saturated rings. The van der Waals surface area contributed by atoms with Gasteiger partial charge in [-0.1, -0.05) is 31.0 Å². The summed E-state index contributed by atoms with van der Waals surface area (Å²) in [5, 5.41) is 12.8. The van der Waals surface area contributed by atoms with Crippen molar-refractivity contribution in [2.75, 3.05) is 69.8 Å². The van der Waals surface area contributed by atoms with Gasteiger partial charge in [0.1, 0.15) is 0 Å². The Morgan fingerprint density at radius 3 is 2.39 bits per heavy atom. The first-order valence-corrected chi connectivity index (χ1v) is 12.7. The van der Waals surface area contributed by atoms with Crippen LogP contribution in [0.3, 0.4) is 0 Å². The third kappa shape index (κ3) is 5.53. The molecular formula is C21H36N6O3S. The highest BCUT2D eigenvalue weighted by Gasteiger charge is 2.38. The highest BCUT2D eigenvalue weighted by Crippen LogP contribution is 2.34. The molecule has 2 saturated heterocycles. The van der Waals surface area contributed by atoms with Crippen molar-refractivity contribution in [3.8, 4) is 0 Å². The largest absolute Gasteiger partial charge is 0.379 e. The molecule has 0 spiro atoms. The SMILES string of the molecule is CCn1c(SCC(=O)NCC2(N3CCOCC3)CCCCC2)nnc1N1CCOCC1. The molecule has 0 bridgehead atoms. The van der Waals surface area contributed by atoms with Gasteiger partial charge < -0.3 is 19.7 Å². The van der Waals surface area contributed by atoms with Gasteiger partial charge in [0.25, 0.3) is 0 Å². The van der Waals surface area contributed by atoms with Crippen molar-refractivity contribution in [2.45, 2.75) is 56.3 Å². The topological polar surface area (TPSA) is 84.8 Å². The molecule has 3 aliphatic rings. The molecule has 0 radical (unpaired) electrons. The van der Waals surface area contributed by atoms with E-state index >= 15 is 0 Å². The van der Waals surface area contributed by atoms with Crippen molar-refractivity contribution in [3.63, 3.8) is 0 Å². The average Bonchev–Trinajstić information content (AvgIpc) is 3.26. The number of hydrogen-bond donors (Lipinski definition) is 1. The van der Waals surface area contributed by atoms with Gasteiger partial charge in [-0.3, -0.25) is 14.3 Å². The van der Waals surface area contributed by atoms with E-state index in [1.165, 1.54) is 31.0 Å². The second-order valence-electron chi connectivity index (χ2n) is 8.58. The van der Waals surface area contributed by atoms with Crippen LogP contribution in [0, 0.1) is 0 Å². The Bertz CT molecular complexity index is 712. The van der Waals surface area contributed by atoms with Crippen molar-refractivity contribution in [2.24, 2.45) is 0 Å². The highest BCUT2D eigenvalue weighted by molar-refractivity contribution is 7.99. The van der Waals surface area contributed by atoms with Crippen molar-refractivity contribution in [1.82, 2.24) is 25.0 Å². The molecule has 1 N–H and O–H groups in total. The van der Waals surface area contributed by atoms with Crippen LogP contribution < -0.4 is 10.2 Å². The Balaban J connectivity index is 1.32. The van der Waals surface area contributed by atoms with Crippen LogP contribution in [0.5, 0.6) is 0 Å². The summed E-state index contributed by atoms with van der Waals surface area (Å²) in [4.78, 5) is 17.5. The number of hydrogen-bond acceptors (Lipinski definition) is 8. The normalized spacial score (nSPS) is 22.4. The Labute approximate surface area is 189 Å². The fourth-order valence-electron chi connectivity index (χ4n) is 4.96. The van der Waals surface area contributed by atoms with Crippen LogP contribution in [0.2, 0.25) is 0 Å². The fourth-order valence-corrected chi connectivity index (χ4v) is 5.79. The summed E-state index contributed by atoms with van der Waals surface area (Å²) in [6, 6.07) is 0. The molecular weight excluding hydrogens is 416 g/mol. The number of carbonyl (C=O) groups excluding carboxylic acids is 1. The van der Waals surface area contributed by atoms with Gasteiger partial charge in [0.15, 0.2) is 5.16 Å². The maximum Gasteiger partial charge on any atom is 0.230 e. The summed E-state index contributed by atoms with van der Waals surface area (Å²) in [5.74, 6) is 1.31. The molecule has 174 valence electrons. The summed E-state index contributed by atoms with van der Waals surface area (Å²) in [5.41, 5.74) is 0.0926. The minimum absolute atomic E-state index is 0.0711. The standard InChI is InChI=1S/C21H36N6O3S/c1-2-27-19(25-8-12-29-13-9-25)23-24-20(27)31-16-18(28)22-17-21(6-4-3-5-7-21)26-10-14-30-15-11-26/h2-17H2,1H3,(H,22,28). The van der Waals surface area contributed by atoms with E-state index in [-0.39, 0.29) is 11.4 Å². The molecule has 9 nitrogen and oxygen atoms in total. The minimum Gasteiger partial charge on any atom is -0.379 e. The monoisotopic (exact) mass is 452 g/mol. The number of thioether (sulfide) groups is 1. The molecule has 4 rings (SSSR count). The molecule has 2 aliphatic heterocycles. The molecule has 0 aromatic carbocycles. The van der Waals surface area contributed by atoms with Crippen LogP contribution in [0.4, 0.5) is 5.95 Å². The maximum atomic E-state index is 12.7. The van der Waals surface area contributed by atoms with Crippen LogP contribution >= 0.6 is 11.8 Å². The second kappa shape index (κ2) is 11.0. The summed E-state index contributed by atoms with van der Waals surface area (Å²) < 4.78 is 13.1. The predicted molar refractivity (Wildman–Crippen MR) is 121 cm³/mol. The first kappa shape index (κ1) is 22.8. The van der Waals surface area contributed by atoms with Crippen molar-refractivity contribution in [1.29, 1.82) is 0 Å². The fraction of sp³-hybridized carbons (Fsp3) is 0.857. The Morgan fingerprint density at radius 2 is 1.71 bits per heavy atom. The van der Waals surface area contributed by atoms with Crippen molar-refractivity contribution in [3.05, 3.63) is 0 Å². The van der Waals surface area contributed by atoms with Gasteiger partial charge >= 0.3 is 0 Å². The second-order valence-corrected chi connectivity index (χ2v) is 9.52. The third-order valence-corrected chi connectivity index (χ3v) is 7.69. The molecule has 1 aromatic heterocycles. The van der Waals surface area contributed by atoms with Crippen LogP contribution in [0.1, 0.15) is 39.0 Å². The maximum absolute atomic E-state index is 12.7. The number of ether oxygens (including phenoxy) is 2. The summed E-state index contributed by atoms with van der Waals surface area (Å²) in [6.45, 7) is 10.2. The van der Waals surface area contributed by atoms with Crippen LogP contribution in [0.15, 0.2) is 5.16 Å². The van der Waals surface area contributed by atoms with E-state index in [1.807, 2.05) is 0 Å². The lowest BCUT2D eigenvalue weighted by Gasteiger charge is -2.48. The average molecular weight is 453 g/mol. The number of rotatable bonds is 8. The molecule has 0 atom stereocenters. The zero-order valence-electron chi connectivity index (χ0n) is 18.7. The number of amides is 1. The van der Waals surface area contributed by atoms with Crippen molar-refractivity contribution >= 4 is 23.6 Å². The number of morpholine rings is 2. The lowest BCUT2D eigenvalue weighted by atomic mass is 9.79. The summed E-state index contributed by atoms with van der Waals surface area (Å²) in [6.07, 6.45) is 6.10. The lowest BCUT2D eigenvalue weighted by molar-refractivity contribution is -0.119. The van der Waals surface area contributed by atoms with Crippen LogP contribution in [-0.2, 0) is 20.8 Å². The molecule has 1 aromatic rings. The molecule has 10 heteroatoms. The van der Waals surface area contributed by atoms with Gasteiger partial charge in [-0.25, -0.2) is 0 Å². The van der Waals surface area contributed by atoms with E-state index in [2.05, 4.69) is 36.8 Å². The number of aromatic nitrogens is 3. The van der Waals surface area contributed by atoms with Gasteiger partial charge in [0.05, 0.1) is 32.2 Å². The zero-order chi connectivity index (χ0) is 21.5.